The van der Waals surface area contributed by atoms with Gasteiger partial charge < -0.3 is 10.3 Å². The molecule has 0 aliphatic rings. The average molecular weight is 181 g/mol. The molecule has 0 saturated heterocycles. The number of nitrogens with two attached hydrogens (primary N) is 1. The number of hydrogen-bond acceptors (Lipinski definition) is 3. The minimum atomic E-state index is 0.517. The Morgan fingerprint density at radius 3 is 3.00 bits per heavy atom. The van der Waals surface area contributed by atoms with Crippen molar-refractivity contribution in [3.05, 3.63) is 17.5 Å². The second-order valence-corrected chi connectivity index (χ2v) is 2.99. The third-order valence-corrected chi connectivity index (χ3v) is 1.63. The van der Waals surface area contributed by atoms with Crippen LogP contribution >= 0.6 is 0 Å². The van der Waals surface area contributed by atoms with Crippen molar-refractivity contribution in [3.63, 3.8) is 0 Å². The van der Waals surface area contributed by atoms with Gasteiger partial charge in [0, 0.05) is 12.5 Å². The summed E-state index contributed by atoms with van der Waals surface area (Å²) < 4.78 is 4.90. The Hall–Kier alpha value is -1.32. The van der Waals surface area contributed by atoms with Crippen molar-refractivity contribution in [3.8, 4) is 0 Å². The zero-order chi connectivity index (χ0) is 9.68. The maximum Gasteiger partial charge on any atom is 0.133 e. The van der Waals surface area contributed by atoms with Crippen LogP contribution in [0.25, 0.3) is 0 Å². The molecule has 0 saturated carbocycles. The average Bonchev–Trinajstić information content (AvgIpc) is 2.49. The number of aliphatic imine (C=N–C) groups is 1. The van der Waals surface area contributed by atoms with Crippen LogP contribution in [0, 0.1) is 6.92 Å². The normalized spacial score (nSPS) is 12.0. The van der Waals surface area contributed by atoms with Crippen LogP contribution in [0.3, 0.4) is 0 Å². The van der Waals surface area contributed by atoms with Crippen molar-refractivity contribution in [1.29, 1.82) is 0 Å². The molecule has 72 valence electrons. The van der Waals surface area contributed by atoms with Crippen molar-refractivity contribution in [2.24, 2.45) is 10.7 Å². The van der Waals surface area contributed by atoms with Crippen LogP contribution in [0.2, 0.25) is 0 Å². The highest BCUT2D eigenvalue weighted by atomic mass is 16.5. The molecule has 13 heavy (non-hydrogen) atoms. The minimum absolute atomic E-state index is 0.517. The lowest BCUT2D eigenvalue weighted by molar-refractivity contribution is 0.391. The van der Waals surface area contributed by atoms with Gasteiger partial charge in [0.05, 0.1) is 12.4 Å². The van der Waals surface area contributed by atoms with Gasteiger partial charge in [-0.3, -0.25) is 4.99 Å². The van der Waals surface area contributed by atoms with Crippen molar-refractivity contribution in [1.82, 2.24) is 5.16 Å². The van der Waals surface area contributed by atoms with Gasteiger partial charge in [-0.1, -0.05) is 12.1 Å². The molecule has 4 heteroatoms. The molecular weight excluding hydrogens is 166 g/mol. The summed E-state index contributed by atoms with van der Waals surface area (Å²) in [6.45, 7) is 4.45. The van der Waals surface area contributed by atoms with Crippen LogP contribution in [0.4, 0.5) is 0 Å². The van der Waals surface area contributed by atoms with E-state index in [4.69, 9.17) is 10.3 Å². The van der Waals surface area contributed by atoms with Crippen molar-refractivity contribution >= 4 is 5.84 Å². The molecule has 4 nitrogen and oxygen atoms in total. The van der Waals surface area contributed by atoms with E-state index in [1.54, 1.807) is 0 Å². The number of nitrogens with zero attached hydrogens (tertiary/aromatic N) is 2. The molecule has 0 fully saturated rings. The largest absolute Gasteiger partial charge is 0.387 e. The summed E-state index contributed by atoms with van der Waals surface area (Å²) in [4.78, 5) is 4.17. The lowest BCUT2D eigenvalue weighted by atomic mass is 10.3. The summed E-state index contributed by atoms with van der Waals surface area (Å²) in [6.07, 6.45) is 1.87. The van der Waals surface area contributed by atoms with E-state index in [0.29, 0.717) is 12.4 Å². The topological polar surface area (TPSA) is 64.4 Å². The second kappa shape index (κ2) is 4.64. The van der Waals surface area contributed by atoms with Crippen LogP contribution < -0.4 is 5.73 Å². The first-order chi connectivity index (χ1) is 6.22. The molecule has 0 spiro atoms. The fourth-order valence-corrected chi connectivity index (χ4v) is 1.01. The van der Waals surface area contributed by atoms with Gasteiger partial charge in [0.1, 0.15) is 11.5 Å². The lowest BCUT2D eigenvalue weighted by Crippen LogP contribution is -2.11. The van der Waals surface area contributed by atoms with E-state index in [-0.39, 0.29) is 0 Å². The summed E-state index contributed by atoms with van der Waals surface area (Å²) in [7, 11) is 0. The number of rotatable bonds is 4. The SMILES string of the molecule is CCCC(N)=NCc1cc(C)on1. The molecule has 1 rings (SSSR count). The molecule has 0 unspecified atom stereocenters. The van der Waals surface area contributed by atoms with Gasteiger partial charge in [0.15, 0.2) is 0 Å². The molecule has 0 aromatic carbocycles. The molecule has 1 heterocycles. The lowest BCUT2D eigenvalue weighted by Gasteiger charge is -1.95. The third kappa shape index (κ3) is 3.27. The second-order valence-electron chi connectivity index (χ2n) is 2.99. The molecule has 0 radical (unpaired) electrons. The highest BCUT2D eigenvalue weighted by Gasteiger charge is 1.98. The number of amidine groups is 1. The van der Waals surface area contributed by atoms with Crippen molar-refractivity contribution in [2.45, 2.75) is 33.2 Å². The zero-order valence-corrected chi connectivity index (χ0v) is 8.08. The fraction of sp³-hybridized carbons (Fsp3) is 0.556. The molecule has 1 aromatic rings. The predicted molar refractivity (Wildman–Crippen MR) is 51.5 cm³/mol. The Morgan fingerprint density at radius 1 is 1.69 bits per heavy atom. The zero-order valence-electron chi connectivity index (χ0n) is 8.08. The summed E-state index contributed by atoms with van der Waals surface area (Å²) in [5.74, 6) is 1.49. The smallest absolute Gasteiger partial charge is 0.133 e. The first-order valence-electron chi connectivity index (χ1n) is 4.43. The van der Waals surface area contributed by atoms with Gasteiger partial charge in [-0.2, -0.15) is 0 Å². The summed E-state index contributed by atoms with van der Waals surface area (Å²) in [6, 6.07) is 1.86. The molecule has 0 aliphatic carbocycles. The van der Waals surface area contributed by atoms with Gasteiger partial charge in [0.25, 0.3) is 0 Å². The monoisotopic (exact) mass is 181 g/mol. The number of aryl methyl sites for hydroxylation is 1. The Bertz CT molecular complexity index is 291. The maximum absolute atomic E-state index is 5.63. The molecule has 0 bridgehead atoms. The first kappa shape index (κ1) is 9.77. The van der Waals surface area contributed by atoms with E-state index in [9.17, 15) is 0 Å². The highest BCUT2D eigenvalue weighted by molar-refractivity contribution is 5.80. The van der Waals surface area contributed by atoms with Gasteiger partial charge in [-0.05, 0) is 13.3 Å². The Balaban J connectivity index is 2.46. The Kier molecular flexibility index (Phi) is 3.49. The highest BCUT2D eigenvalue weighted by Crippen LogP contribution is 2.02. The molecule has 2 N–H and O–H groups in total. The van der Waals surface area contributed by atoms with Crippen LogP contribution in [0.1, 0.15) is 31.2 Å². The van der Waals surface area contributed by atoms with Crippen LogP contribution in [0.5, 0.6) is 0 Å². The van der Waals surface area contributed by atoms with Gasteiger partial charge in [-0.15, -0.1) is 0 Å². The summed E-state index contributed by atoms with van der Waals surface area (Å²) in [5, 5.41) is 3.81. The standard InChI is InChI=1S/C9H15N3O/c1-3-4-9(10)11-6-8-5-7(2)13-12-8/h5H,3-4,6H2,1-2H3,(H2,10,11). The van der Waals surface area contributed by atoms with Gasteiger partial charge >= 0.3 is 0 Å². The van der Waals surface area contributed by atoms with E-state index in [1.807, 2.05) is 13.0 Å². The van der Waals surface area contributed by atoms with Crippen molar-refractivity contribution < 1.29 is 4.52 Å². The summed E-state index contributed by atoms with van der Waals surface area (Å²) >= 11 is 0. The number of hydrogen-bond donors (Lipinski definition) is 1. The maximum atomic E-state index is 5.63. The third-order valence-electron chi connectivity index (χ3n) is 1.63. The molecular formula is C9H15N3O. The van der Waals surface area contributed by atoms with Crippen molar-refractivity contribution in [2.75, 3.05) is 0 Å². The fourth-order valence-electron chi connectivity index (χ4n) is 1.01. The van der Waals surface area contributed by atoms with E-state index >= 15 is 0 Å². The Labute approximate surface area is 77.8 Å². The molecule has 0 amide bonds. The van der Waals surface area contributed by atoms with Gasteiger partial charge in [-0.25, -0.2) is 0 Å². The van der Waals surface area contributed by atoms with E-state index in [2.05, 4.69) is 17.1 Å². The molecule has 0 atom stereocenters. The van der Waals surface area contributed by atoms with Crippen LogP contribution in [0.15, 0.2) is 15.6 Å². The van der Waals surface area contributed by atoms with E-state index in [1.165, 1.54) is 0 Å². The first-order valence-corrected chi connectivity index (χ1v) is 4.43. The minimum Gasteiger partial charge on any atom is -0.387 e. The summed E-state index contributed by atoms with van der Waals surface area (Å²) in [5.41, 5.74) is 6.46. The van der Waals surface area contributed by atoms with E-state index < -0.39 is 0 Å². The van der Waals surface area contributed by atoms with Crippen LogP contribution in [-0.4, -0.2) is 11.0 Å². The molecule has 0 aliphatic heterocycles. The molecule has 1 aromatic heterocycles. The van der Waals surface area contributed by atoms with Crippen LogP contribution in [-0.2, 0) is 6.54 Å². The Morgan fingerprint density at radius 2 is 2.46 bits per heavy atom. The van der Waals surface area contributed by atoms with Gasteiger partial charge in [0.2, 0.25) is 0 Å². The quantitative estimate of drug-likeness (QED) is 0.567. The number of aromatic nitrogens is 1. The van der Waals surface area contributed by atoms with E-state index in [0.717, 1.165) is 24.3 Å². The predicted octanol–water partition coefficient (Wildman–Crippen LogP) is 1.64.